The largest absolute Gasteiger partial charge is 0.355 e. The van der Waals surface area contributed by atoms with Crippen LogP contribution in [0.3, 0.4) is 0 Å². The van der Waals surface area contributed by atoms with E-state index in [4.69, 9.17) is 11.6 Å². The first kappa shape index (κ1) is 15.5. The summed E-state index contributed by atoms with van der Waals surface area (Å²) in [4.78, 5) is 24.7. The first-order valence-corrected chi connectivity index (χ1v) is 6.67. The molecule has 0 radical (unpaired) electrons. The van der Waals surface area contributed by atoms with Crippen molar-refractivity contribution in [1.29, 1.82) is 0 Å². The molecule has 0 unspecified atom stereocenters. The van der Waals surface area contributed by atoms with E-state index < -0.39 is 0 Å². The van der Waals surface area contributed by atoms with Crippen molar-refractivity contribution < 1.29 is 9.59 Å². The summed E-state index contributed by atoms with van der Waals surface area (Å²) in [5, 5.41) is 3.41. The van der Waals surface area contributed by atoms with Crippen molar-refractivity contribution >= 4 is 23.4 Å². The van der Waals surface area contributed by atoms with Crippen LogP contribution in [-0.4, -0.2) is 29.8 Å². The molecule has 2 amide bonds. The number of amides is 2. The van der Waals surface area contributed by atoms with Crippen molar-refractivity contribution in [3.8, 4) is 0 Å². The van der Waals surface area contributed by atoms with Gasteiger partial charge in [-0.15, -0.1) is 0 Å². The molecule has 0 saturated heterocycles. The molecule has 0 aliphatic heterocycles. The lowest BCUT2D eigenvalue weighted by Crippen LogP contribution is -2.39. The third kappa shape index (κ3) is 5.75. The molecule has 0 saturated carbocycles. The molecule has 4 nitrogen and oxygen atoms in total. The van der Waals surface area contributed by atoms with Crippen LogP contribution in [0.15, 0.2) is 24.3 Å². The summed E-state index contributed by atoms with van der Waals surface area (Å²) < 4.78 is 0. The maximum atomic E-state index is 11.6. The Kier molecular flexibility index (Phi) is 6.36. The molecule has 1 rings (SSSR count). The number of benzene rings is 1. The van der Waals surface area contributed by atoms with Gasteiger partial charge in [-0.05, 0) is 24.1 Å². The van der Waals surface area contributed by atoms with Gasteiger partial charge in [-0.25, -0.2) is 0 Å². The number of carbonyl (C=O) groups excluding carboxylic acids is 2. The van der Waals surface area contributed by atoms with Crippen LogP contribution in [0.5, 0.6) is 0 Å². The Hall–Kier alpha value is -1.55. The zero-order valence-corrected chi connectivity index (χ0v) is 12.0. The summed E-state index contributed by atoms with van der Waals surface area (Å²) in [5.74, 6) is -0.257. The number of halogens is 1. The van der Waals surface area contributed by atoms with Gasteiger partial charge < -0.3 is 10.2 Å². The third-order valence-corrected chi connectivity index (χ3v) is 2.89. The van der Waals surface area contributed by atoms with Crippen LogP contribution in [0.1, 0.15) is 25.8 Å². The van der Waals surface area contributed by atoms with E-state index in [2.05, 4.69) is 5.32 Å². The Morgan fingerprint density at radius 1 is 1.26 bits per heavy atom. The Balaban J connectivity index is 2.60. The van der Waals surface area contributed by atoms with E-state index in [0.29, 0.717) is 18.1 Å². The van der Waals surface area contributed by atoms with Gasteiger partial charge in [0.25, 0.3) is 0 Å². The molecule has 0 atom stereocenters. The highest BCUT2D eigenvalue weighted by Crippen LogP contribution is 2.11. The van der Waals surface area contributed by atoms with Crippen LogP contribution in [-0.2, 0) is 16.1 Å². The van der Waals surface area contributed by atoms with Gasteiger partial charge in [0, 0.05) is 25.0 Å². The predicted molar refractivity (Wildman–Crippen MR) is 75.8 cm³/mol. The average Bonchev–Trinajstić information content (AvgIpc) is 2.38. The number of nitrogens with one attached hydrogen (secondary N) is 1. The van der Waals surface area contributed by atoms with Gasteiger partial charge in [0.15, 0.2) is 0 Å². The SMILES string of the molecule is CCCNC(=O)CN(Cc1ccc(Cl)cc1)C(C)=O. The lowest BCUT2D eigenvalue weighted by Gasteiger charge is -2.20. The lowest BCUT2D eigenvalue weighted by molar-refractivity contribution is -0.134. The zero-order valence-electron chi connectivity index (χ0n) is 11.3. The number of hydrogen-bond donors (Lipinski definition) is 1. The van der Waals surface area contributed by atoms with Gasteiger partial charge in [0.1, 0.15) is 0 Å². The van der Waals surface area contributed by atoms with Crippen LogP contribution >= 0.6 is 11.6 Å². The van der Waals surface area contributed by atoms with Crippen molar-refractivity contribution in [3.63, 3.8) is 0 Å². The fraction of sp³-hybridized carbons (Fsp3) is 0.429. The highest BCUT2D eigenvalue weighted by Gasteiger charge is 2.13. The number of rotatable bonds is 6. The fourth-order valence-corrected chi connectivity index (χ4v) is 1.71. The molecule has 0 heterocycles. The smallest absolute Gasteiger partial charge is 0.239 e. The minimum absolute atomic E-state index is 0.0813. The van der Waals surface area contributed by atoms with E-state index in [0.717, 1.165) is 12.0 Å². The Morgan fingerprint density at radius 3 is 2.42 bits per heavy atom. The second kappa shape index (κ2) is 7.79. The zero-order chi connectivity index (χ0) is 14.3. The number of carbonyl (C=O) groups is 2. The van der Waals surface area contributed by atoms with E-state index in [9.17, 15) is 9.59 Å². The summed E-state index contributed by atoms with van der Waals surface area (Å²) in [6.45, 7) is 4.56. The predicted octanol–water partition coefficient (Wildman–Crippen LogP) is 2.21. The van der Waals surface area contributed by atoms with Crippen molar-refractivity contribution in [2.24, 2.45) is 0 Å². The van der Waals surface area contributed by atoms with Crippen molar-refractivity contribution in [1.82, 2.24) is 10.2 Å². The van der Waals surface area contributed by atoms with E-state index in [1.165, 1.54) is 11.8 Å². The number of hydrogen-bond acceptors (Lipinski definition) is 2. The molecular formula is C14H19ClN2O2. The van der Waals surface area contributed by atoms with Crippen LogP contribution in [0.25, 0.3) is 0 Å². The van der Waals surface area contributed by atoms with Gasteiger partial charge >= 0.3 is 0 Å². The van der Waals surface area contributed by atoms with Crippen molar-refractivity contribution in [2.75, 3.05) is 13.1 Å². The van der Waals surface area contributed by atoms with E-state index in [-0.39, 0.29) is 18.4 Å². The molecule has 0 spiro atoms. The van der Waals surface area contributed by atoms with Crippen molar-refractivity contribution in [3.05, 3.63) is 34.9 Å². The summed E-state index contributed by atoms with van der Waals surface area (Å²) in [7, 11) is 0. The molecule has 0 aliphatic carbocycles. The van der Waals surface area contributed by atoms with Gasteiger partial charge in [0.05, 0.1) is 6.54 Å². The average molecular weight is 283 g/mol. The lowest BCUT2D eigenvalue weighted by atomic mass is 10.2. The van der Waals surface area contributed by atoms with E-state index >= 15 is 0 Å². The Labute approximate surface area is 118 Å². The second-order valence-electron chi connectivity index (χ2n) is 4.35. The van der Waals surface area contributed by atoms with Gasteiger partial charge in [-0.1, -0.05) is 30.7 Å². The first-order chi connectivity index (χ1) is 9.02. The first-order valence-electron chi connectivity index (χ1n) is 6.29. The maximum absolute atomic E-state index is 11.6. The maximum Gasteiger partial charge on any atom is 0.239 e. The molecule has 0 aliphatic rings. The topological polar surface area (TPSA) is 49.4 Å². The molecule has 19 heavy (non-hydrogen) atoms. The molecule has 104 valence electrons. The molecule has 0 fully saturated rings. The van der Waals surface area contributed by atoms with E-state index in [1.54, 1.807) is 12.1 Å². The molecule has 0 aromatic heterocycles. The molecule has 1 N–H and O–H groups in total. The highest BCUT2D eigenvalue weighted by atomic mass is 35.5. The van der Waals surface area contributed by atoms with Crippen molar-refractivity contribution in [2.45, 2.75) is 26.8 Å². The quantitative estimate of drug-likeness (QED) is 0.870. The molecule has 5 heteroatoms. The van der Waals surface area contributed by atoms with Crippen LogP contribution in [0.2, 0.25) is 5.02 Å². The Bertz CT molecular complexity index is 432. The number of nitrogens with zero attached hydrogens (tertiary/aromatic N) is 1. The fourth-order valence-electron chi connectivity index (χ4n) is 1.58. The molecule has 0 bridgehead atoms. The third-order valence-electron chi connectivity index (χ3n) is 2.64. The monoisotopic (exact) mass is 282 g/mol. The van der Waals surface area contributed by atoms with Gasteiger partial charge in [-0.3, -0.25) is 9.59 Å². The summed E-state index contributed by atoms with van der Waals surface area (Å²) in [6.07, 6.45) is 0.878. The second-order valence-corrected chi connectivity index (χ2v) is 4.79. The molecule has 1 aromatic carbocycles. The van der Waals surface area contributed by atoms with Crippen LogP contribution < -0.4 is 5.32 Å². The summed E-state index contributed by atoms with van der Waals surface area (Å²) in [5.41, 5.74) is 0.947. The van der Waals surface area contributed by atoms with Crippen LogP contribution in [0, 0.1) is 0 Å². The van der Waals surface area contributed by atoms with E-state index in [1.807, 2.05) is 19.1 Å². The summed E-state index contributed by atoms with van der Waals surface area (Å²) >= 11 is 5.81. The molecular weight excluding hydrogens is 264 g/mol. The molecule has 1 aromatic rings. The highest BCUT2D eigenvalue weighted by molar-refractivity contribution is 6.30. The Morgan fingerprint density at radius 2 is 1.89 bits per heavy atom. The van der Waals surface area contributed by atoms with Gasteiger partial charge in [-0.2, -0.15) is 0 Å². The van der Waals surface area contributed by atoms with Crippen LogP contribution in [0.4, 0.5) is 0 Å². The minimum atomic E-state index is -0.133. The van der Waals surface area contributed by atoms with Gasteiger partial charge in [0.2, 0.25) is 11.8 Å². The minimum Gasteiger partial charge on any atom is -0.355 e. The summed E-state index contributed by atoms with van der Waals surface area (Å²) in [6, 6.07) is 7.24. The standard InChI is InChI=1S/C14H19ClN2O2/c1-3-8-16-14(19)10-17(11(2)18)9-12-4-6-13(15)7-5-12/h4-7H,3,8-10H2,1-2H3,(H,16,19). The normalized spacial score (nSPS) is 10.1.